The smallest absolute Gasteiger partial charge is 0.317 e. The first-order chi connectivity index (χ1) is 9.54. The number of benzene rings is 1. The van der Waals surface area contributed by atoms with Crippen LogP contribution >= 0.6 is 0 Å². The monoisotopic (exact) mass is 272 g/mol. The third-order valence-electron chi connectivity index (χ3n) is 3.09. The van der Waals surface area contributed by atoms with Crippen LogP contribution in [0, 0.1) is 5.92 Å². The Balaban J connectivity index is 2.16. The van der Waals surface area contributed by atoms with Crippen molar-refractivity contribution in [2.75, 3.05) is 13.1 Å². The van der Waals surface area contributed by atoms with E-state index < -0.39 is 5.97 Å². The van der Waals surface area contributed by atoms with Crippen molar-refractivity contribution in [3.63, 3.8) is 0 Å². The number of carboxylic acids is 1. The molecule has 0 radical (unpaired) electrons. The van der Waals surface area contributed by atoms with E-state index in [0.29, 0.717) is 12.5 Å². The Hall–Kier alpha value is -1.94. The number of carbonyl (C=O) groups is 1. The Morgan fingerprint density at radius 3 is 2.80 bits per heavy atom. The molecule has 0 unspecified atom stereocenters. The maximum Gasteiger partial charge on any atom is 0.317 e. The molecule has 0 aliphatic heterocycles. The normalized spacial score (nSPS) is 11.4. The number of aliphatic carboxylic acids is 1. The lowest BCUT2D eigenvalue weighted by Gasteiger charge is -2.22. The Labute approximate surface area is 119 Å². The molecule has 2 aromatic rings. The Kier molecular flexibility index (Phi) is 4.69. The SMILES string of the molecule is CC(C)CN(CC(=O)O)Cc1ccc2ccncc2c1. The van der Waals surface area contributed by atoms with Gasteiger partial charge in [0.25, 0.3) is 0 Å². The minimum Gasteiger partial charge on any atom is -0.480 e. The van der Waals surface area contributed by atoms with E-state index in [1.807, 2.05) is 17.2 Å². The highest BCUT2D eigenvalue weighted by atomic mass is 16.4. The number of nitrogens with zero attached hydrogens (tertiary/aromatic N) is 2. The van der Waals surface area contributed by atoms with Gasteiger partial charge in [-0.3, -0.25) is 14.7 Å². The van der Waals surface area contributed by atoms with E-state index in [2.05, 4.69) is 37.0 Å². The summed E-state index contributed by atoms with van der Waals surface area (Å²) in [5.74, 6) is -0.343. The fraction of sp³-hybridized carbons (Fsp3) is 0.375. The molecule has 1 N–H and O–H groups in total. The molecule has 0 fully saturated rings. The first kappa shape index (κ1) is 14.5. The van der Waals surface area contributed by atoms with Gasteiger partial charge in [0, 0.05) is 30.9 Å². The maximum atomic E-state index is 10.9. The molecule has 0 atom stereocenters. The maximum absolute atomic E-state index is 10.9. The van der Waals surface area contributed by atoms with Gasteiger partial charge in [0.1, 0.15) is 0 Å². The molecule has 4 nitrogen and oxygen atoms in total. The number of hydrogen-bond donors (Lipinski definition) is 1. The summed E-state index contributed by atoms with van der Waals surface area (Å²) < 4.78 is 0. The fourth-order valence-corrected chi connectivity index (χ4v) is 2.38. The molecule has 1 aromatic heterocycles. The van der Waals surface area contributed by atoms with Gasteiger partial charge in [-0.2, -0.15) is 0 Å². The van der Waals surface area contributed by atoms with Crippen LogP contribution in [0.15, 0.2) is 36.7 Å². The topological polar surface area (TPSA) is 53.4 Å². The predicted octanol–water partition coefficient (Wildman–Crippen LogP) is 2.78. The highest BCUT2D eigenvalue weighted by molar-refractivity contribution is 5.82. The fourth-order valence-electron chi connectivity index (χ4n) is 2.38. The van der Waals surface area contributed by atoms with Crippen LogP contribution < -0.4 is 0 Å². The molecule has 20 heavy (non-hydrogen) atoms. The van der Waals surface area contributed by atoms with Crippen molar-refractivity contribution in [1.82, 2.24) is 9.88 Å². The summed E-state index contributed by atoms with van der Waals surface area (Å²) in [6.07, 6.45) is 3.61. The van der Waals surface area contributed by atoms with Gasteiger partial charge in [0.05, 0.1) is 6.54 Å². The number of aromatic nitrogens is 1. The minimum absolute atomic E-state index is 0.0727. The van der Waals surface area contributed by atoms with E-state index in [1.54, 1.807) is 6.20 Å². The molecule has 4 heteroatoms. The summed E-state index contributed by atoms with van der Waals surface area (Å²) in [4.78, 5) is 17.0. The number of fused-ring (bicyclic) bond motifs is 1. The van der Waals surface area contributed by atoms with Gasteiger partial charge in [0.2, 0.25) is 0 Å². The molecule has 0 saturated heterocycles. The summed E-state index contributed by atoms with van der Waals surface area (Å²) in [6, 6.07) is 8.16. The second-order valence-electron chi connectivity index (χ2n) is 5.51. The Morgan fingerprint density at radius 1 is 1.30 bits per heavy atom. The van der Waals surface area contributed by atoms with E-state index in [4.69, 9.17) is 5.11 Å². The molecule has 0 amide bonds. The van der Waals surface area contributed by atoms with E-state index in [9.17, 15) is 4.79 Å². The first-order valence-corrected chi connectivity index (χ1v) is 6.81. The molecule has 106 valence electrons. The number of carboxylic acid groups (broad SMARTS) is 1. The number of hydrogen-bond acceptors (Lipinski definition) is 3. The Bertz CT molecular complexity index is 596. The molecule has 0 saturated carbocycles. The predicted molar refractivity (Wildman–Crippen MR) is 79.5 cm³/mol. The standard InChI is InChI=1S/C16H20N2O2/c1-12(2)9-18(11-16(19)20)10-13-3-4-14-5-6-17-8-15(14)7-13/h3-8,12H,9-11H2,1-2H3,(H,19,20). The largest absolute Gasteiger partial charge is 0.480 e. The summed E-state index contributed by atoms with van der Waals surface area (Å²) >= 11 is 0. The first-order valence-electron chi connectivity index (χ1n) is 6.81. The molecule has 1 aromatic carbocycles. The summed E-state index contributed by atoms with van der Waals surface area (Å²) in [7, 11) is 0. The second-order valence-corrected chi connectivity index (χ2v) is 5.51. The molecule has 1 heterocycles. The quantitative estimate of drug-likeness (QED) is 0.878. The highest BCUT2D eigenvalue weighted by Gasteiger charge is 2.12. The van der Waals surface area contributed by atoms with E-state index in [0.717, 1.165) is 22.9 Å². The lowest BCUT2D eigenvalue weighted by Crippen LogP contribution is -2.32. The van der Waals surface area contributed by atoms with Gasteiger partial charge >= 0.3 is 5.97 Å². The van der Waals surface area contributed by atoms with Crippen LogP contribution in [0.4, 0.5) is 0 Å². The van der Waals surface area contributed by atoms with Crippen molar-refractivity contribution in [1.29, 1.82) is 0 Å². The zero-order valence-electron chi connectivity index (χ0n) is 11.9. The molecule has 0 bridgehead atoms. The van der Waals surface area contributed by atoms with Crippen LogP contribution in [0.1, 0.15) is 19.4 Å². The van der Waals surface area contributed by atoms with Crippen LogP contribution in [0.25, 0.3) is 10.8 Å². The van der Waals surface area contributed by atoms with Crippen molar-refractivity contribution < 1.29 is 9.90 Å². The lowest BCUT2D eigenvalue weighted by atomic mass is 10.1. The van der Waals surface area contributed by atoms with Gasteiger partial charge in [-0.25, -0.2) is 0 Å². The average Bonchev–Trinajstić information content (AvgIpc) is 2.37. The van der Waals surface area contributed by atoms with Gasteiger partial charge in [0.15, 0.2) is 0 Å². The lowest BCUT2D eigenvalue weighted by molar-refractivity contribution is -0.138. The van der Waals surface area contributed by atoms with Crippen LogP contribution in [0.3, 0.4) is 0 Å². The van der Waals surface area contributed by atoms with Gasteiger partial charge in [-0.15, -0.1) is 0 Å². The van der Waals surface area contributed by atoms with Crippen molar-refractivity contribution in [3.05, 3.63) is 42.2 Å². The molecule has 0 spiro atoms. The molecule has 2 rings (SSSR count). The van der Waals surface area contributed by atoms with Crippen molar-refractivity contribution >= 4 is 16.7 Å². The van der Waals surface area contributed by atoms with Crippen molar-refractivity contribution in [2.45, 2.75) is 20.4 Å². The molecular weight excluding hydrogens is 252 g/mol. The third-order valence-corrected chi connectivity index (χ3v) is 3.09. The van der Waals surface area contributed by atoms with E-state index in [-0.39, 0.29) is 6.54 Å². The van der Waals surface area contributed by atoms with Crippen molar-refractivity contribution in [2.24, 2.45) is 5.92 Å². The van der Waals surface area contributed by atoms with Gasteiger partial charge in [-0.1, -0.05) is 26.0 Å². The molecular formula is C16H20N2O2. The zero-order valence-corrected chi connectivity index (χ0v) is 11.9. The average molecular weight is 272 g/mol. The van der Waals surface area contributed by atoms with Crippen LogP contribution in [-0.2, 0) is 11.3 Å². The number of rotatable bonds is 6. The highest BCUT2D eigenvalue weighted by Crippen LogP contribution is 2.16. The van der Waals surface area contributed by atoms with Crippen LogP contribution in [-0.4, -0.2) is 34.0 Å². The Morgan fingerprint density at radius 2 is 2.10 bits per heavy atom. The second kappa shape index (κ2) is 6.48. The van der Waals surface area contributed by atoms with Gasteiger partial charge in [-0.05, 0) is 29.0 Å². The molecule has 0 aliphatic carbocycles. The molecule has 0 aliphatic rings. The van der Waals surface area contributed by atoms with Crippen LogP contribution in [0.5, 0.6) is 0 Å². The van der Waals surface area contributed by atoms with Gasteiger partial charge < -0.3 is 5.11 Å². The minimum atomic E-state index is -0.784. The summed E-state index contributed by atoms with van der Waals surface area (Å²) in [5.41, 5.74) is 1.12. The number of pyridine rings is 1. The van der Waals surface area contributed by atoms with E-state index in [1.165, 1.54) is 0 Å². The van der Waals surface area contributed by atoms with Crippen molar-refractivity contribution in [3.8, 4) is 0 Å². The summed E-state index contributed by atoms with van der Waals surface area (Å²) in [5, 5.41) is 11.2. The zero-order chi connectivity index (χ0) is 14.5. The van der Waals surface area contributed by atoms with E-state index >= 15 is 0 Å². The van der Waals surface area contributed by atoms with Crippen LogP contribution in [0.2, 0.25) is 0 Å². The third kappa shape index (κ3) is 4.03. The summed E-state index contributed by atoms with van der Waals surface area (Å²) in [6.45, 7) is 5.69.